The van der Waals surface area contributed by atoms with Crippen molar-refractivity contribution in [2.45, 2.75) is 17.9 Å². The van der Waals surface area contributed by atoms with Gasteiger partial charge in [-0.15, -0.1) is 0 Å². The van der Waals surface area contributed by atoms with E-state index in [0.717, 1.165) is 0 Å². The van der Waals surface area contributed by atoms with Crippen molar-refractivity contribution in [1.29, 1.82) is 0 Å². The van der Waals surface area contributed by atoms with Crippen LogP contribution in [0.5, 0.6) is 0 Å². The molecule has 0 aromatic heterocycles. The van der Waals surface area contributed by atoms with Gasteiger partial charge in [0.2, 0.25) is 11.5 Å². The van der Waals surface area contributed by atoms with Crippen LogP contribution in [0.15, 0.2) is 30.3 Å². The fourth-order valence-corrected chi connectivity index (χ4v) is 1.86. The molecule has 0 aliphatic rings. The molecule has 0 heterocycles. The quantitative estimate of drug-likeness (QED) is 0.629. The van der Waals surface area contributed by atoms with Crippen LogP contribution in [0.2, 0.25) is 0 Å². The van der Waals surface area contributed by atoms with E-state index in [1.165, 1.54) is 24.3 Å². The topological polar surface area (TPSA) is 143 Å². The Kier molecular flexibility index (Phi) is 4.23. The molecule has 0 aliphatic carbocycles. The number of hydrogen-bond acceptors (Lipinski definition) is 3. The molecule has 0 aliphatic heterocycles. The molecule has 101 valence electrons. The van der Waals surface area contributed by atoms with Crippen LogP contribution in [0.1, 0.15) is 17.9 Å². The zero-order chi connectivity index (χ0) is 14.6. The fourth-order valence-electron chi connectivity index (χ4n) is 1.86. The number of hydrogen-bond donors (Lipinski definition) is 3. The van der Waals surface area contributed by atoms with Crippen LogP contribution in [0.4, 0.5) is 0 Å². The summed E-state index contributed by atoms with van der Waals surface area (Å²) in [5, 5.41) is 21.1. The highest BCUT2D eigenvalue weighted by Crippen LogP contribution is 2.31. The molecule has 1 rings (SSSR count). The Hall–Kier alpha value is -2.41. The number of aliphatic carboxylic acids is 1. The van der Waals surface area contributed by atoms with Gasteiger partial charge in [0, 0.05) is 0 Å². The van der Waals surface area contributed by atoms with Gasteiger partial charge < -0.3 is 16.6 Å². The number of amides is 2. The Bertz CT molecular complexity index is 502. The molecule has 0 bridgehead atoms. The van der Waals surface area contributed by atoms with Crippen LogP contribution in [-0.4, -0.2) is 28.5 Å². The van der Waals surface area contributed by atoms with Gasteiger partial charge in [-0.25, -0.2) is 5.11 Å². The van der Waals surface area contributed by atoms with E-state index in [1.807, 2.05) is 0 Å². The van der Waals surface area contributed by atoms with E-state index in [-0.39, 0.29) is 5.56 Å². The lowest BCUT2D eigenvalue weighted by atomic mass is 9.78. The van der Waals surface area contributed by atoms with Gasteiger partial charge >= 0.3 is 5.97 Å². The first-order valence-corrected chi connectivity index (χ1v) is 5.35. The Morgan fingerprint density at radius 1 is 1.16 bits per heavy atom. The van der Waals surface area contributed by atoms with Crippen LogP contribution in [-0.2, 0) is 19.5 Å². The lowest BCUT2D eigenvalue weighted by Crippen LogP contribution is -2.53. The molecule has 0 saturated carbocycles. The Morgan fingerprint density at radius 3 is 2.05 bits per heavy atom. The van der Waals surface area contributed by atoms with Crippen molar-refractivity contribution < 1.29 is 24.6 Å². The Labute approximate surface area is 108 Å². The summed E-state index contributed by atoms with van der Waals surface area (Å²) in [5.74, 6) is -5.69. The van der Waals surface area contributed by atoms with Gasteiger partial charge in [-0.1, -0.05) is 30.3 Å². The van der Waals surface area contributed by atoms with E-state index in [1.54, 1.807) is 6.07 Å². The van der Waals surface area contributed by atoms with Crippen molar-refractivity contribution in [2.75, 3.05) is 0 Å². The first-order chi connectivity index (χ1) is 8.79. The van der Waals surface area contributed by atoms with Gasteiger partial charge in [-0.3, -0.25) is 14.4 Å². The van der Waals surface area contributed by atoms with Crippen LogP contribution >= 0.6 is 0 Å². The van der Waals surface area contributed by atoms with Gasteiger partial charge in [-0.2, -0.15) is 0 Å². The molecular weight excluding hydrogens is 252 g/mol. The predicted molar refractivity (Wildman–Crippen MR) is 63.2 cm³/mol. The maximum Gasteiger partial charge on any atom is 0.307 e. The second-order valence-corrected chi connectivity index (χ2v) is 4.07. The zero-order valence-electron chi connectivity index (χ0n) is 9.91. The lowest BCUT2D eigenvalue weighted by molar-refractivity contribution is -0.162. The van der Waals surface area contributed by atoms with E-state index < -0.39 is 35.7 Å². The molecule has 0 spiro atoms. The maximum atomic E-state index is 12.4. The first kappa shape index (κ1) is 14.7. The van der Waals surface area contributed by atoms with E-state index in [0.29, 0.717) is 0 Å². The fraction of sp³-hybridized carbons (Fsp3) is 0.250. The third-order valence-corrected chi connectivity index (χ3v) is 2.71. The van der Waals surface area contributed by atoms with Gasteiger partial charge in [0.25, 0.3) is 5.91 Å². The molecule has 0 fully saturated rings. The second-order valence-electron chi connectivity index (χ2n) is 4.07. The summed E-state index contributed by atoms with van der Waals surface area (Å²) < 4.78 is 0. The molecule has 7 nitrogen and oxygen atoms in total. The van der Waals surface area contributed by atoms with Crippen molar-refractivity contribution in [3.05, 3.63) is 35.9 Å². The minimum Gasteiger partial charge on any atom is -0.481 e. The lowest BCUT2D eigenvalue weighted by Gasteiger charge is -2.28. The number of benzene rings is 1. The summed E-state index contributed by atoms with van der Waals surface area (Å²) in [6, 6.07) is 7.52. The van der Waals surface area contributed by atoms with Gasteiger partial charge in [-0.05, 0) is 5.56 Å². The monoisotopic (exact) mass is 265 g/mol. The molecule has 1 radical (unpaired) electrons. The second kappa shape index (κ2) is 5.49. The van der Waals surface area contributed by atoms with Crippen molar-refractivity contribution in [3.63, 3.8) is 0 Å². The van der Waals surface area contributed by atoms with Gasteiger partial charge in [0.1, 0.15) is 5.92 Å². The largest absolute Gasteiger partial charge is 0.481 e. The number of nitrogens with two attached hydrogens (primary N) is 2. The minimum atomic E-state index is -2.82. The van der Waals surface area contributed by atoms with Crippen molar-refractivity contribution >= 4 is 17.8 Å². The number of carboxylic acid groups (broad SMARTS) is 1. The maximum absolute atomic E-state index is 12.4. The molecule has 2 unspecified atom stereocenters. The summed E-state index contributed by atoms with van der Waals surface area (Å²) >= 11 is 0. The predicted octanol–water partition coefficient (Wildman–Crippen LogP) is -0.615. The SMILES string of the molecule is NC(=O)C(c1ccccc1)C([O])(CC(=O)O)C(N)=O. The first-order valence-electron chi connectivity index (χ1n) is 5.35. The van der Waals surface area contributed by atoms with Gasteiger partial charge in [0.05, 0.1) is 6.42 Å². The smallest absolute Gasteiger partial charge is 0.307 e. The zero-order valence-corrected chi connectivity index (χ0v) is 9.91. The summed E-state index contributed by atoms with van der Waals surface area (Å²) in [6.45, 7) is 0. The Balaban J connectivity index is 3.33. The summed E-state index contributed by atoms with van der Waals surface area (Å²) in [7, 11) is 0. The van der Waals surface area contributed by atoms with E-state index in [9.17, 15) is 19.5 Å². The average Bonchev–Trinajstić information content (AvgIpc) is 2.28. The van der Waals surface area contributed by atoms with Crippen LogP contribution in [0.3, 0.4) is 0 Å². The third kappa shape index (κ3) is 3.08. The number of carboxylic acids is 1. The molecular formula is C12H13N2O5. The van der Waals surface area contributed by atoms with Crippen molar-refractivity contribution in [2.24, 2.45) is 11.5 Å². The van der Waals surface area contributed by atoms with Crippen LogP contribution in [0.25, 0.3) is 0 Å². The van der Waals surface area contributed by atoms with Gasteiger partial charge in [0.15, 0.2) is 0 Å². The molecule has 0 saturated heterocycles. The number of primary amides is 2. The molecule has 2 amide bonds. The van der Waals surface area contributed by atoms with E-state index >= 15 is 0 Å². The van der Waals surface area contributed by atoms with Crippen molar-refractivity contribution in [1.82, 2.24) is 0 Å². The third-order valence-electron chi connectivity index (χ3n) is 2.71. The average molecular weight is 265 g/mol. The summed E-state index contributed by atoms with van der Waals surface area (Å²) in [4.78, 5) is 33.5. The molecule has 7 heteroatoms. The minimum absolute atomic E-state index is 0.157. The van der Waals surface area contributed by atoms with Crippen LogP contribution in [0, 0.1) is 0 Å². The normalized spacial score (nSPS) is 15.2. The highest BCUT2D eigenvalue weighted by Gasteiger charge is 2.50. The van der Waals surface area contributed by atoms with E-state index in [2.05, 4.69) is 0 Å². The summed E-state index contributed by atoms with van der Waals surface area (Å²) in [6.07, 6.45) is -1.12. The summed E-state index contributed by atoms with van der Waals surface area (Å²) in [5.41, 5.74) is 7.44. The highest BCUT2D eigenvalue weighted by molar-refractivity contribution is 5.97. The molecule has 2 atom stereocenters. The Morgan fingerprint density at radius 2 is 1.68 bits per heavy atom. The number of rotatable bonds is 6. The number of carbonyl (C=O) groups is 3. The number of carbonyl (C=O) groups excluding carboxylic acids is 2. The highest BCUT2D eigenvalue weighted by atomic mass is 16.4. The molecule has 19 heavy (non-hydrogen) atoms. The molecule has 1 aromatic carbocycles. The van der Waals surface area contributed by atoms with Crippen molar-refractivity contribution in [3.8, 4) is 0 Å². The molecule has 1 aromatic rings. The van der Waals surface area contributed by atoms with Crippen LogP contribution < -0.4 is 11.5 Å². The standard InChI is InChI=1S/C12H13N2O5/c13-10(17)9(7-4-2-1-3-5-7)12(19,11(14)18)6-8(15)16/h1-5,9H,6H2,(H2,13,17)(H2,14,18)(H,15,16). The molecule has 5 N–H and O–H groups in total. The van der Waals surface area contributed by atoms with E-state index in [4.69, 9.17) is 16.6 Å².